The summed E-state index contributed by atoms with van der Waals surface area (Å²) in [6.45, 7) is 4.10. The van der Waals surface area contributed by atoms with Crippen LogP contribution in [0.25, 0.3) is 0 Å². The number of rotatable bonds is 3. The van der Waals surface area contributed by atoms with E-state index in [4.69, 9.17) is 5.26 Å². The number of nitriles is 1. The van der Waals surface area contributed by atoms with Gasteiger partial charge in [-0.2, -0.15) is 5.26 Å². The van der Waals surface area contributed by atoms with Crippen LogP contribution < -0.4 is 10.2 Å². The van der Waals surface area contributed by atoms with Gasteiger partial charge >= 0.3 is 0 Å². The Hall–Kier alpha value is -2.61. The molecule has 96 valence electrons. The van der Waals surface area contributed by atoms with Gasteiger partial charge in [-0.15, -0.1) is 0 Å². The topological polar surface area (TPSA) is 64.8 Å². The SMILES string of the molecule is Cc1cc(C)cc(Nc2cc(N(C)C#N)ncn2)c1. The molecule has 0 atom stereocenters. The third-order valence-corrected chi connectivity index (χ3v) is 2.64. The Labute approximate surface area is 112 Å². The van der Waals surface area contributed by atoms with Gasteiger partial charge in [0.25, 0.3) is 0 Å². The predicted octanol–water partition coefficient (Wildman–Crippen LogP) is 2.75. The number of nitrogens with zero attached hydrogens (tertiary/aromatic N) is 4. The second-order valence-electron chi connectivity index (χ2n) is 4.42. The molecule has 0 amide bonds. The number of nitrogens with one attached hydrogen (secondary N) is 1. The van der Waals surface area contributed by atoms with E-state index < -0.39 is 0 Å². The highest BCUT2D eigenvalue weighted by Gasteiger charge is 2.04. The molecular weight excluding hydrogens is 238 g/mol. The van der Waals surface area contributed by atoms with E-state index in [-0.39, 0.29) is 0 Å². The lowest BCUT2D eigenvalue weighted by atomic mass is 10.1. The molecule has 1 aromatic carbocycles. The van der Waals surface area contributed by atoms with Gasteiger partial charge in [0.05, 0.1) is 0 Å². The van der Waals surface area contributed by atoms with Crippen LogP contribution in [0.3, 0.4) is 0 Å². The number of anilines is 3. The lowest BCUT2D eigenvalue weighted by molar-refractivity contribution is 1.08. The molecule has 0 radical (unpaired) electrons. The maximum Gasteiger partial charge on any atom is 0.185 e. The maximum atomic E-state index is 8.84. The highest BCUT2D eigenvalue weighted by Crippen LogP contribution is 2.20. The van der Waals surface area contributed by atoms with Gasteiger partial charge in [0, 0.05) is 18.8 Å². The summed E-state index contributed by atoms with van der Waals surface area (Å²) in [4.78, 5) is 9.57. The second-order valence-corrected chi connectivity index (χ2v) is 4.42. The van der Waals surface area contributed by atoms with Gasteiger partial charge in [-0.1, -0.05) is 6.07 Å². The van der Waals surface area contributed by atoms with Crippen molar-refractivity contribution in [2.45, 2.75) is 13.8 Å². The molecule has 0 bridgehead atoms. The summed E-state index contributed by atoms with van der Waals surface area (Å²) < 4.78 is 0. The molecule has 2 aromatic rings. The van der Waals surface area contributed by atoms with E-state index in [9.17, 15) is 0 Å². The van der Waals surface area contributed by atoms with Crippen molar-refractivity contribution in [1.29, 1.82) is 5.26 Å². The number of aryl methyl sites for hydroxylation is 2. The smallest absolute Gasteiger partial charge is 0.185 e. The Morgan fingerprint density at radius 2 is 1.79 bits per heavy atom. The molecule has 0 unspecified atom stereocenters. The summed E-state index contributed by atoms with van der Waals surface area (Å²) >= 11 is 0. The van der Waals surface area contributed by atoms with E-state index in [1.807, 2.05) is 32.2 Å². The summed E-state index contributed by atoms with van der Waals surface area (Å²) in [5.74, 6) is 1.22. The molecule has 0 aliphatic rings. The lowest BCUT2D eigenvalue weighted by Gasteiger charge is -2.11. The van der Waals surface area contributed by atoms with Gasteiger partial charge in [0.1, 0.15) is 18.0 Å². The van der Waals surface area contributed by atoms with Gasteiger partial charge in [-0.25, -0.2) is 9.97 Å². The van der Waals surface area contributed by atoms with Crippen molar-refractivity contribution in [1.82, 2.24) is 9.97 Å². The summed E-state index contributed by atoms with van der Waals surface area (Å²) in [7, 11) is 1.66. The molecule has 0 spiro atoms. The molecule has 0 saturated carbocycles. The molecule has 19 heavy (non-hydrogen) atoms. The van der Waals surface area contributed by atoms with Crippen molar-refractivity contribution in [2.24, 2.45) is 0 Å². The van der Waals surface area contributed by atoms with Crippen molar-refractivity contribution in [3.8, 4) is 6.19 Å². The van der Waals surface area contributed by atoms with Crippen LogP contribution in [0, 0.1) is 25.3 Å². The van der Waals surface area contributed by atoms with E-state index in [0.29, 0.717) is 11.6 Å². The fourth-order valence-electron chi connectivity index (χ4n) is 1.84. The van der Waals surface area contributed by atoms with Crippen molar-refractivity contribution in [2.75, 3.05) is 17.3 Å². The van der Waals surface area contributed by atoms with E-state index in [2.05, 4.69) is 21.4 Å². The van der Waals surface area contributed by atoms with Gasteiger partial charge < -0.3 is 5.32 Å². The summed E-state index contributed by atoms with van der Waals surface area (Å²) in [6.07, 6.45) is 3.44. The number of hydrogen-bond donors (Lipinski definition) is 1. The minimum absolute atomic E-state index is 0.560. The van der Waals surface area contributed by atoms with Crippen LogP contribution in [0.5, 0.6) is 0 Å². The predicted molar refractivity (Wildman–Crippen MR) is 75.2 cm³/mol. The zero-order valence-electron chi connectivity index (χ0n) is 11.2. The average molecular weight is 253 g/mol. The second kappa shape index (κ2) is 5.36. The third-order valence-electron chi connectivity index (χ3n) is 2.64. The largest absolute Gasteiger partial charge is 0.340 e. The van der Waals surface area contributed by atoms with Crippen molar-refractivity contribution >= 4 is 17.3 Å². The van der Waals surface area contributed by atoms with Crippen LogP contribution in [-0.2, 0) is 0 Å². The van der Waals surface area contributed by atoms with E-state index >= 15 is 0 Å². The van der Waals surface area contributed by atoms with Gasteiger partial charge in [-0.3, -0.25) is 4.90 Å². The fourth-order valence-corrected chi connectivity index (χ4v) is 1.84. The number of aromatic nitrogens is 2. The van der Waals surface area contributed by atoms with Gasteiger partial charge in [0.2, 0.25) is 0 Å². The molecule has 5 heteroatoms. The van der Waals surface area contributed by atoms with Crippen LogP contribution in [0.1, 0.15) is 11.1 Å². The summed E-state index contributed by atoms with van der Waals surface area (Å²) in [5, 5.41) is 12.1. The van der Waals surface area contributed by atoms with Gasteiger partial charge in [-0.05, 0) is 37.1 Å². The highest BCUT2D eigenvalue weighted by atomic mass is 15.2. The average Bonchev–Trinajstić information content (AvgIpc) is 2.37. The summed E-state index contributed by atoms with van der Waals surface area (Å²) in [6, 6.07) is 7.94. The van der Waals surface area contributed by atoms with Crippen LogP contribution in [0.15, 0.2) is 30.6 Å². The Balaban J connectivity index is 2.26. The van der Waals surface area contributed by atoms with E-state index in [1.54, 1.807) is 13.1 Å². The molecular formula is C14H15N5. The Morgan fingerprint density at radius 1 is 1.11 bits per heavy atom. The Morgan fingerprint density at radius 3 is 2.42 bits per heavy atom. The first kappa shape index (κ1) is 12.8. The first-order valence-electron chi connectivity index (χ1n) is 5.89. The number of hydrogen-bond acceptors (Lipinski definition) is 5. The Kier molecular flexibility index (Phi) is 3.62. The minimum atomic E-state index is 0.560. The highest BCUT2D eigenvalue weighted by molar-refractivity contribution is 5.61. The first-order chi connectivity index (χ1) is 9.08. The monoisotopic (exact) mass is 253 g/mol. The molecule has 0 aliphatic carbocycles. The van der Waals surface area contributed by atoms with E-state index in [1.165, 1.54) is 22.4 Å². The van der Waals surface area contributed by atoms with Crippen LogP contribution in [0.2, 0.25) is 0 Å². The molecule has 0 aliphatic heterocycles. The lowest BCUT2D eigenvalue weighted by Crippen LogP contribution is -2.10. The zero-order chi connectivity index (χ0) is 13.8. The zero-order valence-corrected chi connectivity index (χ0v) is 11.2. The van der Waals surface area contributed by atoms with Crippen LogP contribution >= 0.6 is 0 Å². The molecule has 5 nitrogen and oxygen atoms in total. The normalized spacial score (nSPS) is 9.79. The molecule has 1 aromatic heterocycles. The van der Waals surface area contributed by atoms with Crippen LogP contribution in [0.4, 0.5) is 17.3 Å². The van der Waals surface area contributed by atoms with Crippen LogP contribution in [-0.4, -0.2) is 17.0 Å². The van der Waals surface area contributed by atoms with Crippen molar-refractivity contribution < 1.29 is 0 Å². The number of benzene rings is 1. The molecule has 1 N–H and O–H groups in total. The summed E-state index contributed by atoms with van der Waals surface area (Å²) in [5.41, 5.74) is 3.35. The van der Waals surface area contributed by atoms with Crippen molar-refractivity contribution in [3.63, 3.8) is 0 Å². The molecule has 0 fully saturated rings. The maximum absolute atomic E-state index is 8.84. The quantitative estimate of drug-likeness (QED) is 0.673. The van der Waals surface area contributed by atoms with Gasteiger partial charge in [0.15, 0.2) is 6.19 Å². The third kappa shape index (κ3) is 3.19. The molecule has 0 saturated heterocycles. The Bertz CT molecular complexity index is 610. The van der Waals surface area contributed by atoms with E-state index in [0.717, 1.165) is 5.69 Å². The molecule has 1 heterocycles. The standard InChI is InChI=1S/C14H15N5/c1-10-4-11(2)6-12(5-10)18-13-7-14(17-9-16-13)19(3)8-15/h4-7,9H,1-3H3,(H,16,17,18). The fraction of sp³-hybridized carbons (Fsp3) is 0.214. The first-order valence-corrected chi connectivity index (χ1v) is 5.89. The molecule has 2 rings (SSSR count). The minimum Gasteiger partial charge on any atom is -0.340 e. The van der Waals surface area contributed by atoms with Crippen molar-refractivity contribution in [3.05, 3.63) is 41.7 Å².